The van der Waals surface area contributed by atoms with Gasteiger partial charge in [-0.05, 0) is 138 Å². The number of nitrogens with zero attached hydrogens (tertiary/aromatic N) is 21. The van der Waals surface area contributed by atoms with E-state index >= 15 is 0 Å². The number of carbonyl (C=O) groups is 3. The zero-order chi connectivity index (χ0) is 92.9. The van der Waals surface area contributed by atoms with Crippen LogP contribution in [0.5, 0.6) is 18.0 Å². The van der Waals surface area contributed by atoms with E-state index in [1.165, 1.54) is 27.5 Å². The fraction of sp³-hybridized carbons (Fsp3) is 0.455. The van der Waals surface area contributed by atoms with Crippen LogP contribution in [0, 0.1) is 19.7 Å². The molecule has 7 fully saturated rings. The Kier molecular flexibility index (Phi) is 28.6. The predicted molar refractivity (Wildman–Crippen MR) is 512 cm³/mol. The molecular formula is C99H109Cl3F3N21O7. The van der Waals surface area contributed by atoms with Gasteiger partial charge in [0.05, 0.1) is 63.9 Å². The second-order valence-corrected chi connectivity index (χ2v) is 37.2. The number of likely N-dealkylation sites (N-methyl/N-ethyl adjacent to an activating group) is 1. The molecule has 0 spiro atoms. The van der Waals surface area contributed by atoms with Crippen molar-refractivity contribution in [1.82, 2.24) is 59.3 Å². The number of benzene rings is 6. The maximum atomic E-state index is 13.9. The van der Waals surface area contributed by atoms with E-state index in [-0.39, 0.29) is 56.9 Å². The van der Waals surface area contributed by atoms with Crippen LogP contribution in [0.15, 0.2) is 146 Å². The first-order chi connectivity index (χ1) is 64.4. The Balaban J connectivity index is 0.000000139. The van der Waals surface area contributed by atoms with Crippen LogP contribution in [0.2, 0.25) is 15.1 Å². The summed E-state index contributed by atoms with van der Waals surface area (Å²) in [5.41, 5.74) is 8.91. The molecular weight excluding hydrogens is 1760 g/mol. The summed E-state index contributed by atoms with van der Waals surface area (Å²) in [4.78, 5) is 103. The lowest BCUT2D eigenvalue weighted by Crippen LogP contribution is -2.57. The van der Waals surface area contributed by atoms with Gasteiger partial charge in [0.1, 0.15) is 61.5 Å². The molecule has 28 nitrogen and oxygen atoms in total. The molecule has 34 heteroatoms. The quantitative estimate of drug-likeness (QED) is 0.0455. The standard InChI is InChI=1S/C34H37ClFN7O2.C33H37ClFN7O2.C32H35ClFN7O3/c1-23(36)32(44)43-18-17-41(20-25(43)19-37-2)31-26-11-16-40(29-10-4-8-24-7-3-9-27(35)30(24)29)21-28(26)38-33(39-31)45-22-34-12-5-14-42(34)15-6-13-34;1-21(2)41-14-11-24(41)20-44-33-37-28-19-39(29-10-6-8-23-7-5-9-27(34)30(23)29)13-12-26(28)31(38-33)40-15-16-42(32(43)22(3)35)25(18-40)17-36-4;1-21(34)31(42)41-13-12-40(17-23(41)16-35-2)30-25-10-11-39(28-9-5-7-22-6-4-8-26(33)29(22)28)19-27(25)36-32(37-30)44-20-24-18-38(3)14-15-43-24/h3-4,7-10,25H,1,5-6,11-22H2;5-10,21,24-25H,3,11-20H2,1-2H3;4-9,23-24H,1,10-20H2,3H3/t25-;24?,25-;23-,24?/m000/s1. The number of halogens is 6. The number of carbonyl (C=O) groups excluding carboxylic acids is 3. The molecule has 0 radical (unpaired) electrons. The van der Waals surface area contributed by atoms with Gasteiger partial charge < -0.3 is 82.5 Å². The molecule has 10 aliphatic heterocycles. The molecule has 3 aromatic heterocycles. The minimum absolute atomic E-state index is 0.0483. The third kappa shape index (κ3) is 19.9. The first-order valence-electron chi connectivity index (χ1n) is 45.8. The predicted octanol–water partition coefficient (Wildman–Crippen LogP) is 14.4. The van der Waals surface area contributed by atoms with Crippen molar-refractivity contribution in [2.24, 2.45) is 0 Å². The Morgan fingerprint density at radius 2 is 0.835 bits per heavy atom. The number of fused-ring (bicyclic) bond motifs is 7. The van der Waals surface area contributed by atoms with E-state index < -0.39 is 53.3 Å². The van der Waals surface area contributed by atoms with Gasteiger partial charge >= 0.3 is 18.0 Å². The summed E-state index contributed by atoms with van der Waals surface area (Å²) < 4.78 is 66.3. The normalized spacial score (nSPS) is 20.7. The van der Waals surface area contributed by atoms with Gasteiger partial charge in [0.2, 0.25) is 19.6 Å². The molecule has 5 atom stereocenters. The van der Waals surface area contributed by atoms with E-state index in [9.17, 15) is 27.6 Å². The zero-order valence-corrected chi connectivity index (χ0v) is 77.5. The van der Waals surface area contributed by atoms with Crippen LogP contribution in [0.1, 0.15) is 79.7 Å². The number of piperazine rings is 3. The number of hydrogen-bond acceptors (Lipinski definition) is 22. The summed E-state index contributed by atoms with van der Waals surface area (Å²) in [5.74, 6) is -3.05. The molecule has 13 heterocycles. The second kappa shape index (κ2) is 40.9. The van der Waals surface area contributed by atoms with Crippen molar-refractivity contribution < 1.29 is 46.5 Å². The SMILES string of the molecule is [C-]#[N+]C[C@H]1CN(c2nc(OCC34CCCN3CCC4)nc3c2CCN(c2cccc4cccc(Cl)c24)C3)CCN1C(=O)C(=C)F.[C-]#[N+]C[C@H]1CN(c2nc(OCC3CCN3C(C)C)nc3c2CCN(c2cccc4cccc(Cl)c24)C3)CCN1C(=O)C(=C)F.[C-]#[N+]C[C@H]1CN(c2nc(OCC3CN(C)CCO3)nc3c2CCN(c2cccc4cccc(Cl)c24)C3)CCN1C(=O)C(=C)F. The van der Waals surface area contributed by atoms with E-state index in [1.54, 1.807) is 0 Å². The molecule has 7 saturated heterocycles. The molecule has 19 rings (SSSR count). The first kappa shape index (κ1) is 93.0. The molecule has 133 heavy (non-hydrogen) atoms. The van der Waals surface area contributed by atoms with Crippen LogP contribution in [0.25, 0.3) is 46.9 Å². The van der Waals surface area contributed by atoms with Gasteiger partial charge in [-0.25, -0.2) is 32.9 Å². The van der Waals surface area contributed by atoms with E-state index in [1.807, 2.05) is 48.5 Å². The third-order valence-corrected chi connectivity index (χ3v) is 28.5. The highest BCUT2D eigenvalue weighted by Crippen LogP contribution is 2.45. The maximum absolute atomic E-state index is 13.9. The number of rotatable bonds is 22. The molecule has 0 saturated carbocycles. The van der Waals surface area contributed by atoms with Gasteiger partial charge in [-0.15, -0.1) is 0 Å². The summed E-state index contributed by atoms with van der Waals surface area (Å²) in [6, 6.07) is 36.7. The fourth-order valence-corrected chi connectivity index (χ4v) is 21.7. The van der Waals surface area contributed by atoms with Crippen LogP contribution in [0.4, 0.5) is 47.7 Å². The summed E-state index contributed by atoms with van der Waals surface area (Å²) >= 11 is 20.1. The maximum Gasteiger partial charge on any atom is 0.318 e. The van der Waals surface area contributed by atoms with Crippen molar-refractivity contribution in [1.29, 1.82) is 0 Å². The topological polar surface area (TPSA) is 217 Å². The Bertz CT molecular complexity index is 5840. The molecule has 0 aliphatic carbocycles. The van der Waals surface area contributed by atoms with Gasteiger partial charge in [0, 0.05) is 160 Å². The summed E-state index contributed by atoms with van der Waals surface area (Å²) in [6.45, 7) is 50.5. The molecule has 10 aliphatic rings. The van der Waals surface area contributed by atoms with Crippen LogP contribution in [-0.2, 0) is 58.0 Å². The van der Waals surface area contributed by atoms with Gasteiger partial charge in [-0.1, -0.05) is 127 Å². The van der Waals surface area contributed by atoms with Crippen molar-refractivity contribution in [2.75, 3.05) is 194 Å². The average Bonchev–Trinajstić information content (AvgIpc) is 1.64. The number of amides is 3. The van der Waals surface area contributed by atoms with Crippen molar-refractivity contribution in [3.8, 4) is 18.0 Å². The minimum Gasteiger partial charge on any atom is -0.462 e. The molecule has 9 aromatic rings. The molecule has 3 amide bonds. The van der Waals surface area contributed by atoms with Gasteiger partial charge in [0.15, 0.2) is 17.5 Å². The number of hydrogen-bond donors (Lipinski definition) is 0. The Labute approximate surface area is 788 Å². The molecule has 2 unspecified atom stereocenters. The molecule has 6 aromatic carbocycles. The number of likely N-dealkylation sites (tertiary alicyclic amines) is 1. The number of morpholine rings is 1. The number of ether oxygens (including phenoxy) is 4. The average molecular weight is 1870 g/mol. The van der Waals surface area contributed by atoms with E-state index in [0.717, 1.165) is 172 Å². The summed E-state index contributed by atoms with van der Waals surface area (Å²) in [5, 5.41) is 8.40. The highest BCUT2D eigenvalue weighted by atomic mass is 35.5. The van der Waals surface area contributed by atoms with Crippen LogP contribution < -0.4 is 43.6 Å². The number of anilines is 6. The summed E-state index contributed by atoms with van der Waals surface area (Å²) in [6.07, 6.45) is 7.65. The highest BCUT2D eigenvalue weighted by Gasteiger charge is 2.47. The van der Waals surface area contributed by atoms with Crippen LogP contribution in [0.3, 0.4) is 0 Å². The first-order valence-corrected chi connectivity index (χ1v) is 46.9. The lowest BCUT2D eigenvalue weighted by molar-refractivity contribution is -0.131. The lowest BCUT2D eigenvalue weighted by Gasteiger charge is -2.43. The van der Waals surface area contributed by atoms with Gasteiger partial charge in [-0.2, -0.15) is 29.9 Å². The molecule has 694 valence electrons. The molecule has 0 bridgehead atoms. The molecule has 0 N–H and O–H groups in total. The van der Waals surface area contributed by atoms with Gasteiger partial charge in [0.25, 0.3) is 17.7 Å². The Morgan fingerprint density at radius 3 is 1.18 bits per heavy atom. The van der Waals surface area contributed by atoms with Crippen LogP contribution in [-0.4, -0.2) is 283 Å². The highest BCUT2D eigenvalue weighted by molar-refractivity contribution is 6.37. The van der Waals surface area contributed by atoms with Gasteiger partial charge in [-0.3, -0.25) is 24.2 Å². The van der Waals surface area contributed by atoms with E-state index in [0.29, 0.717) is 144 Å². The largest absolute Gasteiger partial charge is 0.462 e. The smallest absolute Gasteiger partial charge is 0.318 e. The zero-order valence-electron chi connectivity index (χ0n) is 75.2. The van der Waals surface area contributed by atoms with E-state index in [2.05, 4.69) is 160 Å². The van der Waals surface area contributed by atoms with Crippen LogP contribution >= 0.6 is 34.8 Å². The Hall–Kier alpha value is -11.9. The second-order valence-electron chi connectivity index (χ2n) is 36.0. The monoisotopic (exact) mass is 1870 g/mol. The number of aromatic nitrogens is 6. The summed E-state index contributed by atoms with van der Waals surface area (Å²) in [7, 11) is 2.05. The minimum atomic E-state index is -1.02. The van der Waals surface area contributed by atoms with Crippen molar-refractivity contribution >= 4 is 119 Å². The van der Waals surface area contributed by atoms with Crippen molar-refractivity contribution in [3.05, 3.63) is 230 Å². The Morgan fingerprint density at radius 1 is 0.466 bits per heavy atom. The lowest BCUT2D eigenvalue weighted by atomic mass is 9.95. The third-order valence-electron chi connectivity index (χ3n) is 27.6. The van der Waals surface area contributed by atoms with E-state index in [4.69, 9.17) is 103 Å². The fourth-order valence-electron chi connectivity index (χ4n) is 20.9. The van der Waals surface area contributed by atoms with Crippen molar-refractivity contribution in [3.63, 3.8) is 0 Å². The van der Waals surface area contributed by atoms with Crippen molar-refractivity contribution in [2.45, 2.75) is 127 Å².